The van der Waals surface area contributed by atoms with Crippen LogP contribution in [0.4, 0.5) is 0 Å². The van der Waals surface area contributed by atoms with Gasteiger partial charge in [-0.15, -0.1) is 22.9 Å². The summed E-state index contributed by atoms with van der Waals surface area (Å²) in [5, 5.41) is 3.43. The minimum atomic E-state index is 0.150. The van der Waals surface area contributed by atoms with E-state index in [0.717, 1.165) is 32.5 Å². The number of likely N-dealkylation sites (tertiary alicyclic amines) is 1. The second-order valence-electron chi connectivity index (χ2n) is 6.41. The molecule has 1 aliphatic rings. The monoisotopic (exact) mass is 316 g/mol. The molecule has 0 radical (unpaired) electrons. The van der Waals surface area contributed by atoms with Crippen molar-refractivity contribution in [1.29, 1.82) is 0 Å². The molecule has 0 aliphatic carbocycles. The lowest BCUT2D eigenvalue weighted by atomic mass is 9.93. The summed E-state index contributed by atoms with van der Waals surface area (Å²) in [5.41, 5.74) is 1.36. The number of nitrogens with zero attached hydrogens (tertiary/aromatic N) is 2. The Labute approximate surface area is 131 Å². The van der Waals surface area contributed by atoms with Crippen molar-refractivity contribution in [3.8, 4) is 0 Å². The topological polar surface area (TPSA) is 25.4 Å². The molecule has 1 saturated heterocycles. The molecular formula is C15H25ClN2OS. The zero-order valence-corrected chi connectivity index (χ0v) is 14.3. The van der Waals surface area contributed by atoms with Gasteiger partial charge in [0, 0.05) is 29.8 Å². The Morgan fingerprint density at radius 1 is 1.40 bits per heavy atom. The Morgan fingerprint density at radius 3 is 2.65 bits per heavy atom. The summed E-state index contributed by atoms with van der Waals surface area (Å²) in [6.07, 6.45) is 2.61. The van der Waals surface area contributed by atoms with Crippen LogP contribution in [0.3, 0.4) is 0 Å². The van der Waals surface area contributed by atoms with Gasteiger partial charge in [0.15, 0.2) is 0 Å². The molecule has 3 nitrogen and oxygen atoms in total. The smallest absolute Gasteiger partial charge is 0.107 e. The lowest BCUT2D eigenvalue weighted by Gasteiger charge is -2.31. The van der Waals surface area contributed by atoms with Gasteiger partial charge in [0.05, 0.1) is 24.9 Å². The predicted octanol–water partition coefficient (Wildman–Crippen LogP) is 3.66. The van der Waals surface area contributed by atoms with Crippen LogP contribution in [-0.2, 0) is 16.7 Å². The van der Waals surface area contributed by atoms with Crippen molar-refractivity contribution in [3.05, 3.63) is 16.1 Å². The number of ether oxygens (including phenoxy) is 1. The van der Waals surface area contributed by atoms with Gasteiger partial charge in [0.25, 0.3) is 0 Å². The minimum Gasteiger partial charge on any atom is -0.377 e. The lowest BCUT2D eigenvalue weighted by Crippen LogP contribution is -2.36. The standard InChI is InChI=1S/C15H25ClN2OS/c1-15(2,3)13-11-20-14(17-13)10-18-7-4-12(5-8-18)19-9-6-16/h11-12H,4-10H2,1-3H3. The van der Waals surface area contributed by atoms with Gasteiger partial charge in [-0.1, -0.05) is 20.8 Å². The van der Waals surface area contributed by atoms with Crippen LogP contribution >= 0.6 is 22.9 Å². The first-order chi connectivity index (χ1) is 9.49. The van der Waals surface area contributed by atoms with E-state index < -0.39 is 0 Å². The molecule has 0 saturated carbocycles. The van der Waals surface area contributed by atoms with Crippen molar-refractivity contribution in [3.63, 3.8) is 0 Å². The Bertz CT molecular complexity index is 408. The first kappa shape index (κ1) is 16.2. The number of rotatable bonds is 5. The number of piperidine rings is 1. The van der Waals surface area contributed by atoms with Gasteiger partial charge in [0.2, 0.25) is 0 Å². The van der Waals surface area contributed by atoms with Gasteiger partial charge in [-0.2, -0.15) is 0 Å². The SMILES string of the molecule is CC(C)(C)c1csc(CN2CCC(OCCCl)CC2)n1. The molecule has 0 atom stereocenters. The summed E-state index contributed by atoms with van der Waals surface area (Å²) in [4.78, 5) is 7.25. The maximum absolute atomic E-state index is 5.71. The van der Waals surface area contributed by atoms with Gasteiger partial charge in [-0.25, -0.2) is 4.98 Å². The second kappa shape index (κ2) is 7.21. The highest BCUT2D eigenvalue weighted by atomic mass is 35.5. The van der Waals surface area contributed by atoms with Gasteiger partial charge < -0.3 is 4.74 Å². The summed E-state index contributed by atoms with van der Waals surface area (Å²) in [6, 6.07) is 0. The summed E-state index contributed by atoms with van der Waals surface area (Å²) in [6.45, 7) is 10.5. The molecule has 1 aromatic rings. The maximum atomic E-state index is 5.71. The summed E-state index contributed by atoms with van der Waals surface area (Å²) < 4.78 is 5.71. The fraction of sp³-hybridized carbons (Fsp3) is 0.800. The van der Waals surface area contributed by atoms with Crippen molar-refractivity contribution in [2.45, 2.75) is 51.7 Å². The van der Waals surface area contributed by atoms with Crippen molar-refractivity contribution < 1.29 is 4.74 Å². The van der Waals surface area contributed by atoms with E-state index in [1.54, 1.807) is 11.3 Å². The van der Waals surface area contributed by atoms with E-state index in [4.69, 9.17) is 21.3 Å². The molecular weight excluding hydrogens is 292 g/mol. The van der Waals surface area contributed by atoms with Crippen molar-refractivity contribution in [2.24, 2.45) is 0 Å². The van der Waals surface area contributed by atoms with Crippen LogP contribution in [0.1, 0.15) is 44.3 Å². The van der Waals surface area contributed by atoms with Crippen molar-refractivity contribution in [1.82, 2.24) is 9.88 Å². The molecule has 114 valence electrons. The molecule has 0 amide bonds. The zero-order valence-electron chi connectivity index (χ0n) is 12.7. The third kappa shape index (κ3) is 4.69. The summed E-state index contributed by atoms with van der Waals surface area (Å²) in [5.74, 6) is 0.592. The molecule has 20 heavy (non-hydrogen) atoms. The fourth-order valence-corrected chi connectivity index (χ4v) is 3.52. The first-order valence-corrected chi connectivity index (χ1v) is 8.75. The van der Waals surface area contributed by atoms with Gasteiger partial charge in [0.1, 0.15) is 5.01 Å². The maximum Gasteiger partial charge on any atom is 0.107 e. The van der Waals surface area contributed by atoms with Crippen LogP contribution in [0.2, 0.25) is 0 Å². The third-order valence-corrected chi connectivity index (χ3v) is 4.63. The van der Waals surface area contributed by atoms with E-state index in [2.05, 4.69) is 31.1 Å². The highest BCUT2D eigenvalue weighted by molar-refractivity contribution is 7.09. The quantitative estimate of drug-likeness (QED) is 0.775. The molecule has 1 aromatic heterocycles. The zero-order chi connectivity index (χ0) is 14.6. The molecule has 2 heterocycles. The van der Waals surface area contributed by atoms with E-state index in [9.17, 15) is 0 Å². The van der Waals surface area contributed by atoms with Gasteiger partial charge >= 0.3 is 0 Å². The Kier molecular flexibility index (Phi) is 5.84. The Hall–Kier alpha value is -0.160. The average Bonchev–Trinajstić information content (AvgIpc) is 2.86. The highest BCUT2D eigenvalue weighted by Gasteiger charge is 2.22. The largest absolute Gasteiger partial charge is 0.377 e. The molecule has 0 spiro atoms. The van der Waals surface area contributed by atoms with E-state index in [0.29, 0.717) is 18.6 Å². The van der Waals surface area contributed by atoms with Crippen molar-refractivity contribution in [2.75, 3.05) is 25.6 Å². The molecule has 0 bridgehead atoms. The normalized spacial score (nSPS) is 18.6. The summed E-state index contributed by atoms with van der Waals surface area (Å²) in [7, 11) is 0. The molecule has 1 fully saturated rings. The van der Waals surface area contributed by atoms with Crippen LogP contribution in [0, 0.1) is 0 Å². The number of hydrogen-bond donors (Lipinski definition) is 0. The average molecular weight is 317 g/mol. The first-order valence-electron chi connectivity index (χ1n) is 7.34. The lowest BCUT2D eigenvalue weighted by molar-refractivity contribution is 0.0134. The van der Waals surface area contributed by atoms with E-state index >= 15 is 0 Å². The van der Waals surface area contributed by atoms with Crippen LogP contribution < -0.4 is 0 Å². The van der Waals surface area contributed by atoms with Crippen LogP contribution in [-0.4, -0.2) is 41.6 Å². The molecule has 2 rings (SSSR count). The van der Waals surface area contributed by atoms with E-state index in [-0.39, 0.29) is 5.41 Å². The number of thiazole rings is 1. The molecule has 1 aliphatic heterocycles. The van der Waals surface area contributed by atoms with Crippen LogP contribution in [0.25, 0.3) is 0 Å². The third-order valence-electron chi connectivity index (χ3n) is 3.64. The van der Waals surface area contributed by atoms with Gasteiger partial charge in [-0.3, -0.25) is 4.90 Å². The fourth-order valence-electron chi connectivity index (χ4n) is 2.36. The Morgan fingerprint density at radius 2 is 2.10 bits per heavy atom. The minimum absolute atomic E-state index is 0.150. The molecule has 0 N–H and O–H groups in total. The number of hydrogen-bond acceptors (Lipinski definition) is 4. The second-order valence-corrected chi connectivity index (χ2v) is 7.73. The van der Waals surface area contributed by atoms with E-state index in [1.807, 2.05) is 0 Å². The molecule has 0 unspecified atom stereocenters. The Balaban J connectivity index is 1.79. The number of aromatic nitrogens is 1. The van der Waals surface area contributed by atoms with Gasteiger partial charge in [-0.05, 0) is 12.8 Å². The highest BCUT2D eigenvalue weighted by Crippen LogP contribution is 2.25. The molecule has 0 aromatic carbocycles. The van der Waals surface area contributed by atoms with E-state index in [1.165, 1.54) is 10.7 Å². The predicted molar refractivity (Wildman–Crippen MR) is 85.8 cm³/mol. The van der Waals surface area contributed by atoms with Crippen LogP contribution in [0.5, 0.6) is 0 Å². The number of alkyl halides is 1. The van der Waals surface area contributed by atoms with Crippen molar-refractivity contribution >= 4 is 22.9 Å². The summed E-state index contributed by atoms with van der Waals surface area (Å²) >= 11 is 7.44. The molecule has 5 heteroatoms. The number of halogens is 1. The van der Waals surface area contributed by atoms with Crippen LogP contribution in [0.15, 0.2) is 5.38 Å².